The van der Waals surface area contributed by atoms with Crippen molar-refractivity contribution in [3.8, 4) is 16.3 Å². The van der Waals surface area contributed by atoms with Crippen LogP contribution < -0.4 is 0 Å². The minimum absolute atomic E-state index is 0.200. The quantitative estimate of drug-likeness (QED) is 0.473. The Balaban J connectivity index is 1.79. The van der Waals surface area contributed by atoms with Crippen molar-refractivity contribution >= 4 is 38.9 Å². The largest absolute Gasteiger partial charge is 0.506 e. The third-order valence-electron chi connectivity index (χ3n) is 6.38. The van der Waals surface area contributed by atoms with E-state index in [0.29, 0.717) is 6.42 Å². The highest BCUT2D eigenvalue weighted by molar-refractivity contribution is 7.13. The first-order valence-electron chi connectivity index (χ1n) is 10.6. The van der Waals surface area contributed by atoms with E-state index in [9.17, 15) is 9.90 Å². The van der Waals surface area contributed by atoms with Crippen LogP contribution in [0.1, 0.15) is 36.2 Å². The van der Waals surface area contributed by atoms with Gasteiger partial charge in [-0.1, -0.05) is 13.8 Å². The summed E-state index contributed by atoms with van der Waals surface area (Å²) in [5.41, 5.74) is 4.75. The van der Waals surface area contributed by atoms with Gasteiger partial charge in [-0.25, -0.2) is 4.98 Å². The number of ketones is 1. The first-order chi connectivity index (χ1) is 14.6. The number of nitrogens with zero attached hydrogens (tertiary/aromatic N) is 3. The molecule has 6 heteroatoms. The van der Waals surface area contributed by atoms with Crippen molar-refractivity contribution in [1.82, 2.24) is 14.5 Å². The van der Waals surface area contributed by atoms with Crippen molar-refractivity contribution in [1.29, 1.82) is 0 Å². The summed E-state index contributed by atoms with van der Waals surface area (Å²) in [6, 6.07) is 8.09. The summed E-state index contributed by atoms with van der Waals surface area (Å²) in [6.07, 6.45) is 3.04. The lowest BCUT2D eigenvalue weighted by atomic mass is 10.0. The van der Waals surface area contributed by atoms with Gasteiger partial charge in [0, 0.05) is 47.6 Å². The van der Waals surface area contributed by atoms with E-state index in [1.807, 2.05) is 17.5 Å². The Morgan fingerprint density at radius 1 is 1.07 bits per heavy atom. The second-order valence-corrected chi connectivity index (χ2v) is 8.68. The normalized spacial score (nSPS) is 13.8. The number of Topliss-reactive ketones (excluding diaryl/α,β-unsaturated/α-hetero) is 1. The maximum absolute atomic E-state index is 12.4. The average Bonchev–Trinajstić information content (AvgIpc) is 3.48. The Labute approximate surface area is 179 Å². The number of carbonyl (C=O) groups excluding carboxylic acids is 1. The van der Waals surface area contributed by atoms with Gasteiger partial charge in [-0.2, -0.15) is 0 Å². The van der Waals surface area contributed by atoms with Crippen molar-refractivity contribution in [2.75, 3.05) is 19.6 Å². The lowest BCUT2D eigenvalue weighted by Gasteiger charge is -2.19. The molecule has 0 saturated carbocycles. The predicted molar refractivity (Wildman–Crippen MR) is 123 cm³/mol. The van der Waals surface area contributed by atoms with Crippen molar-refractivity contribution in [3.05, 3.63) is 47.0 Å². The molecule has 0 radical (unpaired) electrons. The molecule has 4 aromatic rings. The van der Waals surface area contributed by atoms with Gasteiger partial charge in [0.2, 0.25) is 0 Å². The highest BCUT2D eigenvalue weighted by Gasteiger charge is 2.27. The number of aryl methyl sites for hydroxylation is 1. The number of benzene rings is 2. The standard InChI is InChI=1S/C24H25N3O2S/c1-3-26(4-2)12-13-27-18-8-5-15-16(7-10-20(15)28)21(18)22-19(27)9-6-17(23(22)29)24-25-11-14-30-24/h5-6,8-9,11,14,29H,3-4,7,10,12-13H2,1-2H3. The Morgan fingerprint density at radius 2 is 1.80 bits per heavy atom. The number of likely N-dealkylation sites (N-methyl/N-ethyl adjacent to an activating group) is 1. The maximum Gasteiger partial charge on any atom is 0.163 e. The van der Waals surface area contributed by atoms with E-state index in [1.54, 1.807) is 6.20 Å². The van der Waals surface area contributed by atoms with E-state index in [-0.39, 0.29) is 11.5 Å². The number of carbonyl (C=O) groups is 1. The molecule has 0 bridgehead atoms. The summed E-state index contributed by atoms with van der Waals surface area (Å²) in [7, 11) is 0. The molecule has 2 aromatic heterocycles. The molecule has 5 nitrogen and oxygen atoms in total. The SMILES string of the molecule is CCN(CC)CCn1c2ccc(-c3nccs3)c(O)c2c2c3c(ccc21)C(=O)CC3. The minimum atomic E-state index is 0.200. The zero-order valence-corrected chi connectivity index (χ0v) is 18.1. The first kappa shape index (κ1) is 19.3. The molecular weight excluding hydrogens is 394 g/mol. The van der Waals surface area contributed by atoms with Crippen molar-refractivity contribution in [3.63, 3.8) is 0 Å². The fourth-order valence-electron chi connectivity index (χ4n) is 4.77. The summed E-state index contributed by atoms with van der Waals surface area (Å²) in [4.78, 5) is 19.2. The number of thiazole rings is 1. The molecule has 1 aliphatic rings. The molecular formula is C24H25N3O2S. The number of fused-ring (bicyclic) bond motifs is 5. The molecule has 0 atom stereocenters. The van der Waals surface area contributed by atoms with E-state index < -0.39 is 0 Å². The molecule has 2 heterocycles. The van der Waals surface area contributed by atoms with Crippen LogP contribution in [0.25, 0.3) is 32.4 Å². The molecule has 0 spiro atoms. The molecule has 1 aliphatic carbocycles. The predicted octanol–water partition coefficient (Wildman–Crippen LogP) is 5.09. The highest BCUT2D eigenvalue weighted by atomic mass is 32.1. The van der Waals surface area contributed by atoms with Crippen LogP contribution in [0, 0.1) is 0 Å². The van der Waals surface area contributed by atoms with Crippen molar-refractivity contribution in [2.45, 2.75) is 33.2 Å². The van der Waals surface area contributed by atoms with Crippen LogP contribution in [-0.4, -0.2) is 45.0 Å². The zero-order chi connectivity index (χ0) is 20.8. The van der Waals surface area contributed by atoms with Gasteiger partial charge in [0.25, 0.3) is 0 Å². The lowest BCUT2D eigenvalue weighted by Crippen LogP contribution is -2.26. The number of aromatic nitrogens is 2. The van der Waals surface area contributed by atoms with Gasteiger partial charge in [-0.05, 0) is 49.3 Å². The van der Waals surface area contributed by atoms with Crippen LogP contribution in [-0.2, 0) is 13.0 Å². The van der Waals surface area contributed by atoms with Gasteiger partial charge in [0.05, 0.1) is 16.5 Å². The number of aromatic hydroxyl groups is 1. The van der Waals surface area contributed by atoms with E-state index in [4.69, 9.17) is 0 Å². The number of phenolic OH excluding ortho intramolecular Hbond substituents is 1. The number of phenols is 1. The van der Waals surface area contributed by atoms with Crippen LogP contribution >= 0.6 is 11.3 Å². The molecule has 0 fully saturated rings. The summed E-state index contributed by atoms with van der Waals surface area (Å²) < 4.78 is 2.30. The van der Waals surface area contributed by atoms with E-state index in [1.165, 1.54) is 11.3 Å². The summed E-state index contributed by atoms with van der Waals surface area (Å²) in [5.74, 6) is 0.466. The molecule has 0 aliphatic heterocycles. The number of rotatable bonds is 6. The first-order valence-corrected chi connectivity index (χ1v) is 11.5. The molecule has 154 valence electrons. The van der Waals surface area contributed by atoms with Gasteiger partial charge >= 0.3 is 0 Å². The summed E-state index contributed by atoms with van der Waals surface area (Å²) >= 11 is 1.52. The number of hydrogen-bond donors (Lipinski definition) is 1. The van der Waals surface area contributed by atoms with E-state index >= 15 is 0 Å². The molecule has 30 heavy (non-hydrogen) atoms. The van der Waals surface area contributed by atoms with E-state index in [0.717, 1.165) is 76.1 Å². The van der Waals surface area contributed by atoms with E-state index in [2.05, 4.69) is 40.4 Å². The van der Waals surface area contributed by atoms with Crippen LogP contribution in [0.2, 0.25) is 0 Å². The minimum Gasteiger partial charge on any atom is -0.506 e. The van der Waals surface area contributed by atoms with Gasteiger partial charge in [0.15, 0.2) is 5.78 Å². The lowest BCUT2D eigenvalue weighted by molar-refractivity contribution is 0.0994. The van der Waals surface area contributed by atoms with Crippen LogP contribution in [0.5, 0.6) is 5.75 Å². The Morgan fingerprint density at radius 3 is 2.50 bits per heavy atom. The summed E-state index contributed by atoms with van der Waals surface area (Å²) in [6.45, 7) is 8.16. The Hall–Kier alpha value is -2.70. The smallest absolute Gasteiger partial charge is 0.163 e. The Kier molecular flexibility index (Phi) is 4.83. The van der Waals surface area contributed by atoms with Gasteiger partial charge in [-0.3, -0.25) is 4.79 Å². The maximum atomic E-state index is 12.4. The van der Waals surface area contributed by atoms with Gasteiger partial charge < -0.3 is 14.6 Å². The van der Waals surface area contributed by atoms with Crippen LogP contribution in [0.15, 0.2) is 35.8 Å². The molecule has 0 amide bonds. The van der Waals surface area contributed by atoms with Crippen molar-refractivity contribution < 1.29 is 9.90 Å². The van der Waals surface area contributed by atoms with Gasteiger partial charge in [0.1, 0.15) is 10.8 Å². The molecule has 5 rings (SSSR count). The van der Waals surface area contributed by atoms with Crippen molar-refractivity contribution in [2.24, 2.45) is 0 Å². The number of hydrogen-bond acceptors (Lipinski definition) is 5. The zero-order valence-electron chi connectivity index (χ0n) is 17.3. The Bertz CT molecular complexity index is 1250. The van der Waals surface area contributed by atoms with Crippen LogP contribution in [0.4, 0.5) is 0 Å². The monoisotopic (exact) mass is 419 g/mol. The topological polar surface area (TPSA) is 58.4 Å². The average molecular weight is 420 g/mol. The fourth-order valence-corrected chi connectivity index (χ4v) is 5.43. The molecule has 0 saturated heterocycles. The van der Waals surface area contributed by atoms with Gasteiger partial charge in [-0.15, -0.1) is 11.3 Å². The molecule has 2 aromatic carbocycles. The molecule has 0 unspecified atom stereocenters. The highest BCUT2D eigenvalue weighted by Crippen LogP contribution is 2.44. The molecule has 1 N–H and O–H groups in total. The fraction of sp³-hybridized carbons (Fsp3) is 0.333. The third kappa shape index (κ3) is 2.86. The third-order valence-corrected chi connectivity index (χ3v) is 7.18. The second kappa shape index (κ2) is 7.52. The second-order valence-electron chi connectivity index (χ2n) is 7.78. The summed E-state index contributed by atoms with van der Waals surface area (Å²) in [5, 5.41) is 16.0. The van der Waals surface area contributed by atoms with Crippen LogP contribution in [0.3, 0.4) is 0 Å².